The Morgan fingerprint density at radius 2 is 1.00 bits per heavy atom. The van der Waals surface area contributed by atoms with Crippen molar-refractivity contribution in [2.75, 3.05) is 26.4 Å². The van der Waals surface area contributed by atoms with Gasteiger partial charge in [0.1, 0.15) is 12.7 Å². The average molecular weight is 786 g/mol. The standard InChI is InChI=1S/C44H84NO8P/c1-3-5-7-9-11-13-15-17-18-19-20-21-22-23-24-25-27-29-31-33-35-37-44(48)51-40-42(46)41-53-54(49,50)52-39-38-45-43(47)36-34-32-30-28-26-16-14-12-10-8-6-4-2/h11,13,17-18,42,46H,3-10,12,14-16,19-41H2,1-2H3,(H,45,47)(H,49,50)/b13-11-,18-17-. The number of ether oxygens (including phenoxy) is 1. The summed E-state index contributed by atoms with van der Waals surface area (Å²) in [4.78, 5) is 33.9. The van der Waals surface area contributed by atoms with Crippen LogP contribution in [0.2, 0.25) is 0 Å². The lowest BCUT2D eigenvalue weighted by Crippen LogP contribution is -2.27. The van der Waals surface area contributed by atoms with Gasteiger partial charge in [0.05, 0.1) is 13.2 Å². The van der Waals surface area contributed by atoms with E-state index in [1.165, 1.54) is 141 Å². The van der Waals surface area contributed by atoms with Crippen molar-refractivity contribution >= 4 is 19.7 Å². The fourth-order valence-electron chi connectivity index (χ4n) is 6.23. The number of carbonyl (C=O) groups excluding carboxylic acids is 2. The average Bonchev–Trinajstić information content (AvgIpc) is 3.16. The number of hydrogen-bond donors (Lipinski definition) is 3. The van der Waals surface area contributed by atoms with E-state index in [9.17, 15) is 24.2 Å². The summed E-state index contributed by atoms with van der Waals surface area (Å²) in [5.74, 6) is -0.513. The molecule has 0 aliphatic rings. The van der Waals surface area contributed by atoms with Gasteiger partial charge in [-0.2, -0.15) is 0 Å². The Morgan fingerprint density at radius 3 is 1.52 bits per heavy atom. The number of rotatable bonds is 42. The lowest BCUT2D eigenvalue weighted by Gasteiger charge is -2.15. The monoisotopic (exact) mass is 786 g/mol. The van der Waals surface area contributed by atoms with E-state index in [4.69, 9.17) is 13.8 Å². The maximum atomic E-state index is 12.1. The maximum Gasteiger partial charge on any atom is 0.472 e. The molecule has 0 aliphatic heterocycles. The summed E-state index contributed by atoms with van der Waals surface area (Å²) in [7, 11) is -4.41. The Morgan fingerprint density at radius 1 is 0.574 bits per heavy atom. The summed E-state index contributed by atoms with van der Waals surface area (Å²) in [6.45, 7) is 3.54. The molecule has 10 heteroatoms. The molecule has 0 radical (unpaired) electrons. The van der Waals surface area contributed by atoms with Gasteiger partial charge in [-0.25, -0.2) is 4.57 Å². The van der Waals surface area contributed by atoms with Crippen molar-refractivity contribution in [1.29, 1.82) is 0 Å². The highest BCUT2D eigenvalue weighted by atomic mass is 31.2. The molecule has 0 aliphatic carbocycles. The largest absolute Gasteiger partial charge is 0.472 e. The minimum absolute atomic E-state index is 0.0850. The quantitative estimate of drug-likeness (QED) is 0.0241. The predicted octanol–water partition coefficient (Wildman–Crippen LogP) is 12.4. The molecule has 0 spiro atoms. The summed E-state index contributed by atoms with van der Waals surface area (Å²) in [6.07, 6.45) is 43.9. The summed E-state index contributed by atoms with van der Waals surface area (Å²) in [6, 6.07) is 0. The van der Waals surface area contributed by atoms with Gasteiger partial charge in [0, 0.05) is 19.4 Å². The van der Waals surface area contributed by atoms with E-state index in [2.05, 4.69) is 43.5 Å². The van der Waals surface area contributed by atoms with Gasteiger partial charge in [-0.15, -0.1) is 0 Å². The van der Waals surface area contributed by atoms with Crippen LogP contribution in [0.1, 0.15) is 213 Å². The number of allylic oxidation sites excluding steroid dienone is 4. The molecular weight excluding hydrogens is 701 g/mol. The van der Waals surface area contributed by atoms with Gasteiger partial charge in [0.15, 0.2) is 0 Å². The van der Waals surface area contributed by atoms with E-state index < -0.39 is 26.5 Å². The van der Waals surface area contributed by atoms with E-state index in [0.29, 0.717) is 6.42 Å². The normalized spacial score (nSPS) is 13.5. The highest BCUT2D eigenvalue weighted by Gasteiger charge is 2.23. The Labute approximate surface area is 331 Å². The van der Waals surface area contributed by atoms with Crippen molar-refractivity contribution in [3.63, 3.8) is 0 Å². The SMILES string of the molecule is CCCCC/C=C\C/C=C\CCCCCCCCCCCCCC(=O)OCC(O)COP(=O)(O)OCCNC(=O)CCCCCCCCCCCCCC. The molecule has 0 heterocycles. The van der Waals surface area contributed by atoms with E-state index in [-0.39, 0.29) is 32.1 Å². The Bertz CT molecular complexity index is 944. The molecule has 3 N–H and O–H groups in total. The second kappa shape index (κ2) is 41.1. The maximum absolute atomic E-state index is 12.1. The van der Waals surface area contributed by atoms with E-state index in [0.717, 1.165) is 44.9 Å². The number of nitrogens with one attached hydrogen (secondary N) is 1. The first kappa shape index (κ1) is 52.5. The summed E-state index contributed by atoms with van der Waals surface area (Å²) >= 11 is 0. The molecule has 0 rings (SSSR count). The first-order chi connectivity index (χ1) is 26.3. The Kier molecular flexibility index (Phi) is 40.0. The summed E-state index contributed by atoms with van der Waals surface area (Å²) < 4.78 is 26.9. The zero-order valence-electron chi connectivity index (χ0n) is 34.9. The van der Waals surface area contributed by atoms with Crippen molar-refractivity contribution < 1.29 is 37.9 Å². The number of esters is 1. The highest BCUT2D eigenvalue weighted by molar-refractivity contribution is 7.47. The number of aliphatic hydroxyl groups excluding tert-OH is 1. The van der Waals surface area contributed by atoms with Crippen molar-refractivity contribution in [2.45, 2.75) is 219 Å². The van der Waals surface area contributed by atoms with Crippen LogP contribution in [0.5, 0.6) is 0 Å². The molecule has 1 amide bonds. The van der Waals surface area contributed by atoms with Crippen LogP contribution in [-0.2, 0) is 27.9 Å². The number of hydrogen-bond acceptors (Lipinski definition) is 7. The number of phosphoric ester groups is 1. The van der Waals surface area contributed by atoms with Crippen LogP contribution < -0.4 is 5.32 Å². The molecule has 9 nitrogen and oxygen atoms in total. The predicted molar refractivity (Wildman–Crippen MR) is 224 cm³/mol. The third-order valence-electron chi connectivity index (χ3n) is 9.63. The fourth-order valence-corrected chi connectivity index (χ4v) is 6.99. The molecule has 2 atom stereocenters. The number of phosphoric acid groups is 1. The van der Waals surface area contributed by atoms with Crippen LogP contribution in [0.15, 0.2) is 24.3 Å². The second-order valence-electron chi connectivity index (χ2n) is 15.0. The first-order valence-corrected chi connectivity index (χ1v) is 23.8. The van der Waals surface area contributed by atoms with Gasteiger partial charge < -0.3 is 20.1 Å². The topological polar surface area (TPSA) is 131 Å². The van der Waals surface area contributed by atoms with Crippen LogP contribution in [0.4, 0.5) is 0 Å². The Hall–Kier alpha value is -1.51. The summed E-state index contributed by atoms with van der Waals surface area (Å²) in [5.41, 5.74) is 0. The van der Waals surface area contributed by atoms with E-state index >= 15 is 0 Å². The second-order valence-corrected chi connectivity index (χ2v) is 16.5. The zero-order chi connectivity index (χ0) is 39.6. The molecule has 0 aromatic heterocycles. The molecule has 0 saturated carbocycles. The van der Waals surface area contributed by atoms with Crippen LogP contribution in [0.3, 0.4) is 0 Å². The molecular formula is C44H84NO8P. The van der Waals surface area contributed by atoms with Gasteiger partial charge in [0.25, 0.3) is 0 Å². The molecule has 0 aromatic carbocycles. The third kappa shape index (κ3) is 41.6. The molecule has 0 saturated heterocycles. The van der Waals surface area contributed by atoms with Crippen LogP contribution in [0.25, 0.3) is 0 Å². The van der Waals surface area contributed by atoms with Crippen molar-refractivity contribution in [1.82, 2.24) is 5.32 Å². The number of amides is 1. The molecule has 54 heavy (non-hydrogen) atoms. The van der Waals surface area contributed by atoms with Crippen molar-refractivity contribution in [3.8, 4) is 0 Å². The third-order valence-corrected chi connectivity index (χ3v) is 10.6. The molecule has 2 unspecified atom stereocenters. The smallest absolute Gasteiger partial charge is 0.463 e. The minimum atomic E-state index is -4.41. The minimum Gasteiger partial charge on any atom is -0.463 e. The number of unbranched alkanes of at least 4 members (excludes halogenated alkanes) is 25. The highest BCUT2D eigenvalue weighted by Crippen LogP contribution is 2.42. The lowest BCUT2D eigenvalue weighted by atomic mass is 10.0. The first-order valence-electron chi connectivity index (χ1n) is 22.3. The molecule has 0 aromatic rings. The number of carbonyl (C=O) groups is 2. The van der Waals surface area contributed by atoms with E-state index in [1.54, 1.807) is 0 Å². The molecule has 0 fully saturated rings. The van der Waals surface area contributed by atoms with Gasteiger partial charge >= 0.3 is 13.8 Å². The van der Waals surface area contributed by atoms with Crippen LogP contribution in [-0.4, -0.2) is 54.3 Å². The van der Waals surface area contributed by atoms with Gasteiger partial charge in [-0.05, 0) is 44.9 Å². The summed E-state index contributed by atoms with van der Waals surface area (Å²) in [5, 5.41) is 12.7. The zero-order valence-corrected chi connectivity index (χ0v) is 35.8. The van der Waals surface area contributed by atoms with Crippen LogP contribution >= 0.6 is 7.82 Å². The van der Waals surface area contributed by atoms with Crippen LogP contribution in [0, 0.1) is 0 Å². The van der Waals surface area contributed by atoms with Crippen molar-refractivity contribution in [2.24, 2.45) is 0 Å². The van der Waals surface area contributed by atoms with Gasteiger partial charge in [0.2, 0.25) is 5.91 Å². The lowest BCUT2D eigenvalue weighted by molar-refractivity contribution is -0.147. The Balaban J connectivity index is 3.56. The molecule has 318 valence electrons. The van der Waals surface area contributed by atoms with Gasteiger partial charge in [-0.3, -0.25) is 18.6 Å². The molecule has 0 bridgehead atoms. The van der Waals surface area contributed by atoms with Crippen molar-refractivity contribution in [3.05, 3.63) is 24.3 Å². The fraction of sp³-hybridized carbons (Fsp3) is 0.864. The number of aliphatic hydroxyl groups is 1. The van der Waals surface area contributed by atoms with Gasteiger partial charge in [-0.1, -0.05) is 179 Å². The van der Waals surface area contributed by atoms with E-state index in [1.807, 2.05) is 0 Å².